The number of halogens is 2. The van der Waals surface area contributed by atoms with Gasteiger partial charge in [-0.3, -0.25) is 0 Å². The molecule has 0 aromatic heterocycles. The lowest BCUT2D eigenvalue weighted by atomic mass is 9.90. The van der Waals surface area contributed by atoms with Crippen molar-refractivity contribution in [2.24, 2.45) is 5.92 Å². The Bertz CT molecular complexity index is 586. The highest BCUT2D eigenvalue weighted by Gasteiger charge is 2.22. The lowest BCUT2D eigenvalue weighted by Gasteiger charge is -2.21. The van der Waals surface area contributed by atoms with Crippen LogP contribution >= 0.6 is 15.9 Å². The molecule has 20 heavy (non-hydrogen) atoms. The molecular weight excluding hydrogens is 347 g/mol. The predicted molar refractivity (Wildman–Crippen MR) is 80.3 cm³/mol. The maximum atomic E-state index is 13.8. The Morgan fingerprint density at radius 3 is 2.60 bits per heavy atom. The van der Waals surface area contributed by atoms with Crippen LogP contribution in [0.1, 0.15) is 32.1 Å². The van der Waals surface area contributed by atoms with Crippen molar-refractivity contribution < 1.29 is 12.8 Å². The molecule has 0 bridgehead atoms. The van der Waals surface area contributed by atoms with Crippen molar-refractivity contribution in [1.29, 1.82) is 0 Å². The molecule has 0 spiro atoms. The van der Waals surface area contributed by atoms with Gasteiger partial charge in [-0.1, -0.05) is 19.3 Å². The molecule has 0 heterocycles. The van der Waals surface area contributed by atoms with Gasteiger partial charge in [0.25, 0.3) is 0 Å². The summed E-state index contributed by atoms with van der Waals surface area (Å²) < 4.78 is 40.9. The molecule has 1 saturated carbocycles. The van der Waals surface area contributed by atoms with E-state index in [0.29, 0.717) is 16.9 Å². The standard InChI is InChI=1S/C13H18BrFN2O2S/c14-10-6-11(15)13(7-12(10)16)20(18,19)17-8-9-4-2-1-3-5-9/h6-7,9,17H,1-5,8,16H2. The molecule has 0 radical (unpaired) electrons. The summed E-state index contributed by atoms with van der Waals surface area (Å²) in [5.41, 5.74) is 5.82. The van der Waals surface area contributed by atoms with Gasteiger partial charge in [0.05, 0.1) is 0 Å². The van der Waals surface area contributed by atoms with E-state index in [1.54, 1.807) is 0 Å². The molecule has 3 N–H and O–H groups in total. The number of sulfonamides is 1. The van der Waals surface area contributed by atoms with Crippen LogP contribution in [-0.4, -0.2) is 15.0 Å². The summed E-state index contributed by atoms with van der Waals surface area (Å²) in [6.45, 7) is 0.359. The molecule has 7 heteroatoms. The van der Waals surface area contributed by atoms with Crippen LogP contribution in [0.5, 0.6) is 0 Å². The first-order chi connectivity index (χ1) is 9.40. The van der Waals surface area contributed by atoms with Crippen LogP contribution in [0.25, 0.3) is 0 Å². The molecule has 1 aromatic carbocycles. The third-order valence-electron chi connectivity index (χ3n) is 3.63. The molecule has 1 aliphatic rings. The zero-order chi connectivity index (χ0) is 14.8. The highest BCUT2D eigenvalue weighted by atomic mass is 79.9. The highest BCUT2D eigenvalue weighted by molar-refractivity contribution is 9.10. The van der Waals surface area contributed by atoms with E-state index in [0.717, 1.165) is 37.8 Å². The van der Waals surface area contributed by atoms with E-state index in [1.165, 1.54) is 6.42 Å². The molecular formula is C13H18BrFN2O2S. The molecule has 0 aliphatic heterocycles. The molecule has 1 aromatic rings. The summed E-state index contributed by atoms with van der Waals surface area (Å²) in [4.78, 5) is -0.394. The van der Waals surface area contributed by atoms with Crippen molar-refractivity contribution in [3.63, 3.8) is 0 Å². The van der Waals surface area contributed by atoms with Gasteiger partial charge in [-0.2, -0.15) is 0 Å². The first-order valence-electron chi connectivity index (χ1n) is 6.64. The summed E-state index contributed by atoms with van der Waals surface area (Å²) in [5, 5.41) is 0. The van der Waals surface area contributed by atoms with Crippen LogP contribution in [0.15, 0.2) is 21.5 Å². The lowest BCUT2D eigenvalue weighted by Crippen LogP contribution is -2.31. The molecule has 0 atom stereocenters. The van der Waals surface area contributed by atoms with Gasteiger partial charge in [0.15, 0.2) is 0 Å². The smallest absolute Gasteiger partial charge is 0.243 e. The van der Waals surface area contributed by atoms with Gasteiger partial charge < -0.3 is 5.73 Å². The van der Waals surface area contributed by atoms with E-state index in [4.69, 9.17) is 5.73 Å². The van der Waals surface area contributed by atoms with Crippen LogP contribution in [0.2, 0.25) is 0 Å². The van der Waals surface area contributed by atoms with E-state index in [2.05, 4.69) is 20.7 Å². The largest absolute Gasteiger partial charge is 0.398 e. The van der Waals surface area contributed by atoms with Crippen molar-refractivity contribution in [3.8, 4) is 0 Å². The number of nitrogens with one attached hydrogen (secondary N) is 1. The number of anilines is 1. The Morgan fingerprint density at radius 1 is 1.30 bits per heavy atom. The molecule has 4 nitrogen and oxygen atoms in total. The Labute approximate surface area is 127 Å². The second-order valence-corrected chi connectivity index (χ2v) is 7.75. The average Bonchev–Trinajstić information content (AvgIpc) is 2.42. The summed E-state index contributed by atoms with van der Waals surface area (Å²) in [6, 6.07) is 2.22. The Kier molecular flexibility index (Phi) is 5.04. The quantitative estimate of drug-likeness (QED) is 0.806. The second kappa shape index (κ2) is 6.41. The average molecular weight is 365 g/mol. The number of nitrogen functional groups attached to an aromatic ring is 1. The number of benzene rings is 1. The van der Waals surface area contributed by atoms with Gasteiger partial charge in [-0.25, -0.2) is 17.5 Å². The third kappa shape index (κ3) is 3.71. The van der Waals surface area contributed by atoms with Gasteiger partial charge in [-0.05, 0) is 46.8 Å². The third-order valence-corrected chi connectivity index (χ3v) is 5.75. The summed E-state index contributed by atoms with van der Waals surface area (Å²) in [6.07, 6.45) is 5.51. The minimum absolute atomic E-state index is 0.199. The van der Waals surface area contributed by atoms with E-state index >= 15 is 0 Å². The topological polar surface area (TPSA) is 72.2 Å². The summed E-state index contributed by atoms with van der Waals surface area (Å²) in [7, 11) is -3.86. The van der Waals surface area contributed by atoms with Crippen molar-refractivity contribution in [2.45, 2.75) is 37.0 Å². The summed E-state index contributed by atoms with van der Waals surface area (Å²) >= 11 is 3.07. The van der Waals surface area contributed by atoms with Crippen LogP contribution < -0.4 is 10.5 Å². The van der Waals surface area contributed by atoms with Crippen LogP contribution in [0.4, 0.5) is 10.1 Å². The maximum absolute atomic E-state index is 13.8. The Balaban J connectivity index is 2.11. The van der Waals surface area contributed by atoms with Crippen molar-refractivity contribution in [2.75, 3.05) is 12.3 Å². The van der Waals surface area contributed by atoms with E-state index in [9.17, 15) is 12.8 Å². The van der Waals surface area contributed by atoms with E-state index in [-0.39, 0.29) is 5.69 Å². The van der Waals surface area contributed by atoms with E-state index in [1.807, 2.05) is 0 Å². The molecule has 112 valence electrons. The highest BCUT2D eigenvalue weighted by Crippen LogP contribution is 2.27. The first kappa shape index (κ1) is 15.7. The summed E-state index contributed by atoms with van der Waals surface area (Å²) in [5.74, 6) is -0.461. The lowest BCUT2D eigenvalue weighted by molar-refractivity contribution is 0.357. The second-order valence-electron chi connectivity index (χ2n) is 5.16. The molecule has 0 amide bonds. The molecule has 0 saturated heterocycles. The molecule has 1 aliphatic carbocycles. The van der Waals surface area contributed by atoms with Gasteiger partial charge in [0.1, 0.15) is 10.7 Å². The minimum Gasteiger partial charge on any atom is -0.398 e. The number of hydrogen-bond acceptors (Lipinski definition) is 3. The normalized spacial score (nSPS) is 17.3. The first-order valence-corrected chi connectivity index (χ1v) is 8.92. The van der Waals surface area contributed by atoms with Gasteiger partial charge in [-0.15, -0.1) is 0 Å². The predicted octanol–water partition coefficient (Wildman–Crippen LogP) is 3.03. The fourth-order valence-corrected chi connectivity index (χ4v) is 3.97. The zero-order valence-corrected chi connectivity index (χ0v) is 13.4. The van der Waals surface area contributed by atoms with Crippen LogP contribution in [0, 0.1) is 11.7 Å². The maximum Gasteiger partial charge on any atom is 0.243 e. The Morgan fingerprint density at radius 2 is 1.95 bits per heavy atom. The number of nitrogens with two attached hydrogens (primary N) is 1. The van der Waals surface area contributed by atoms with Crippen LogP contribution in [0.3, 0.4) is 0 Å². The Hall–Kier alpha value is -0.660. The SMILES string of the molecule is Nc1cc(S(=O)(=O)NCC2CCCCC2)c(F)cc1Br. The monoisotopic (exact) mass is 364 g/mol. The van der Waals surface area contributed by atoms with Crippen molar-refractivity contribution >= 4 is 31.6 Å². The van der Waals surface area contributed by atoms with E-state index < -0.39 is 20.7 Å². The van der Waals surface area contributed by atoms with Crippen molar-refractivity contribution in [3.05, 3.63) is 22.4 Å². The molecule has 1 fully saturated rings. The minimum atomic E-state index is -3.86. The number of rotatable bonds is 4. The number of hydrogen-bond donors (Lipinski definition) is 2. The molecule has 2 rings (SSSR count). The van der Waals surface area contributed by atoms with Gasteiger partial charge >= 0.3 is 0 Å². The zero-order valence-electron chi connectivity index (χ0n) is 11.0. The van der Waals surface area contributed by atoms with Crippen LogP contribution in [-0.2, 0) is 10.0 Å². The van der Waals surface area contributed by atoms with Gasteiger partial charge in [0, 0.05) is 16.7 Å². The van der Waals surface area contributed by atoms with Gasteiger partial charge in [0.2, 0.25) is 10.0 Å². The molecule has 0 unspecified atom stereocenters. The fourth-order valence-electron chi connectivity index (χ4n) is 2.45. The fraction of sp³-hybridized carbons (Fsp3) is 0.538. The van der Waals surface area contributed by atoms with Crippen molar-refractivity contribution in [1.82, 2.24) is 4.72 Å².